The van der Waals surface area contributed by atoms with Crippen LogP contribution in [0.15, 0.2) is 24.3 Å². The lowest BCUT2D eigenvalue weighted by molar-refractivity contribution is -0.274. The van der Waals surface area contributed by atoms with E-state index in [4.69, 9.17) is 5.41 Å². The molecule has 1 aromatic carbocycles. The molecule has 0 aliphatic heterocycles. The Morgan fingerprint density at radius 1 is 1.21 bits per heavy atom. The van der Waals surface area contributed by atoms with E-state index in [1.165, 1.54) is 17.0 Å². The first kappa shape index (κ1) is 19.6. The summed E-state index contributed by atoms with van der Waals surface area (Å²) in [5, 5.41) is 13.0. The maximum atomic E-state index is 12.2. The molecule has 0 saturated heterocycles. The Balaban J connectivity index is 2.78. The Morgan fingerprint density at radius 3 is 2.17 bits per heavy atom. The molecule has 24 heavy (non-hydrogen) atoms. The largest absolute Gasteiger partial charge is 0.573 e. The van der Waals surface area contributed by atoms with Crippen molar-refractivity contribution >= 4 is 17.7 Å². The molecular weight excluding hydrogens is 325 g/mol. The number of alkyl halides is 3. The number of ether oxygens (including phenoxy) is 1. The number of rotatable bonds is 3. The van der Waals surface area contributed by atoms with E-state index in [2.05, 4.69) is 15.4 Å². The van der Waals surface area contributed by atoms with E-state index in [0.29, 0.717) is 12.2 Å². The summed E-state index contributed by atoms with van der Waals surface area (Å²) < 4.78 is 40.3. The van der Waals surface area contributed by atoms with Crippen LogP contribution in [0.2, 0.25) is 0 Å². The number of hydrogen-bond donors (Lipinski definition) is 3. The highest BCUT2D eigenvalue weighted by Gasteiger charge is 2.31. The second-order valence-electron chi connectivity index (χ2n) is 5.96. The molecule has 0 heterocycles. The number of benzene rings is 1. The summed E-state index contributed by atoms with van der Waals surface area (Å²) in [6.07, 6.45) is -4.76. The Hall–Kier alpha value is -2.45. The zero-order chi connectivity index (χ0) is 18.5. The van der Waals surface area contributed by atoms with Crippen molar-refractivity contribution in [2.24, 2.45) is 0 Å². The number of halogens is 3. The van der Waals surface area contributed by atoms with Gasteiger partial charge in [0, 0.05) is 17.8 Å². The normalized spacial score (nSPS) is 11.6. The van der Waals surface area contributed by atoms with Crippen molar-refractivity contribution < 1.29 is 22.7 Å². The number of urea groups is 1. The second-order valence-corrected chi connectivity index (χ2v) is 5.96. The van der Waals surface area contributed by atoms with Gasteiger partial charge < -0.3 is 15.0 Å². The SMILES string of the molecule is CCN(C(=N)NC(=O)NC(C)(C)C)c1ccc(OC(F)(F)F)cc1. The Bertz CT molecular complexity index is 580. The first-order valence-corrected chi connectivity index (χ1v) is 7.22. The quantitative estimate of drug-likeness (QED) is 0.579. The van der Waals surface area contributed by atoms with Crippen LogP contribution in [0.5, 0.6) is 5.75 Å². The average molecular weight is 346 g/mol. The van der Waals surface area contributed by atoms with Gasteiger partial charge in [0.1, 0.15) is 5.75 Å². The molecular formula is C15H21F3N4O2. The molecule has 1 aromatic rings. The fourth-order valence-corrected chi connectivity index (χ4v) is 1.84. The van der Waals surface area contributed by atoms with Crippen molar-refractivity contribution in [2.45, 2.75) is 39.6 Å². The van der Waals surface area contributed by atoms with Crippen molar-refractivity contribution in [3.05, 3.63) is 24.3 Å². The number of nitrogens with one attached hydrogen (secondary N) is 3. The maximum absolute atomic E-state index is 12.2. The number of hydrogen-bond acceptors (Lipinski definition) is 3. The highest BCUT2D eigenvalue weighted by Crippen LogP contribution is 2.25. The average Bonchev–Trinajstić information content (AvgIpc) is 2.37. The highest BCUT2D eigenvalue weighted by molar-refractivity contribution is 6.03. The van der Waals surface area contributed by atoms with Crippen LogP contribution in [0, 0.1) is 5.41 Å². The number of carbonyl (C=O) groups excluding carboxylic acids is 1. The summed E-state index contributed by atoms with van der Waals surface area (Å²) in [5.74, 6) is -0.545. The van der Waals surface area contributed by atoms with Crippen molar-refractivity contribution in [3.8, 4) is 5.75 Å². The number of guanidine groups is 1. The van der Waals surface area contributed by atoms with Gasteiger partial charge in [-0.25, -0.2) is 4.79 Å². The number of anilines is 1. The highest BCUT2D eigenvalue weighted by atomic mass is 19.4. The van der Waals surface area contributed by atoms with Crippen molar-refractivity contribution in [1.82, 2.24) is 10.6 Å². The van der Waals surface area contributed by atoms with Gasteiger partial charge in [-0.05, 0) is 52.0 Å². The topological polar surface area (TPSA) is 77.5 Å². The van der Waals surface area contributed by atoms with Gasteiger partial charge in [-0.3, -0.25) is 10.7 Å². The molecule has 0 aromatic heterocycles. The molecule has 6 nitrogen and oxygen atoms in total. The monoisotopic (exact) mass is 346 g/mol. The molecule has 0 spiro atoms. The lowest BCUT2D eigenvalue weighted by atomic mass is 10.1. The minimum absolute atomic E-state index is 0.191. The van der Waals surface area contributed by atoms with Gasteiger partial charge >= 0.3 is 12.4 Å². The van der Waals surface area contributed by atoms with E-state index in [1.807, 2.05) is 0 Å². The van der Waals surface area contributed by atoms with Crippen molar-refractivity contribution in [1.29, 1.82) is 5.41 Å². The van der Waals surface area contributed by atoms with Gasteiger partial charge in [-0.1, -0.05) is 0 Å². The molecule has 1 rings (SSSR count). The molecule has 0 fully saturated rings. The van der Waals surface area contributed by atoms with Crippen LogP contribution >= 0.6 is 0 Å². The third kappa shape index (κ3) is 6.76. The number of amides is 2. The molecule has 0 bridgehead atoms. The summed E-state index contributed by atoms with van der Waals surface area (Å²) >= 11 is 0. The third-order valence-electron chi connectivity index (χ3n) is 2.69. The maximum Gasteiger partial charge on any atom is 0.573 e. The van der Waals surface area contributed by atoms with Gasteiger partial charge in [0.15, 0.2) is 0 Å². The van der Waals surface area contributed by atoms with Crippen LogP contribution in [-0.4, -0.2) is 30.4 Å². The molecule has 0 aliphatic rings. The summed E-state index contributed by atoms with van der Waals surface area (Å²) in [7, 11) is 0. The van der Waals surface area contributed by atoms with Crippen LogP contribution in [0.3, 0.4) is 0 Å². The standard InChI is InChI=1S/C15H21F3N4O2/c1-5-22(12(19)20-13(23)21-14(2,3)4)10-6-8-11(9-7-10)24-15(16,17)18/h6-9H,5H2,1-4H3,(H3,19,20,21,23). The first-order chi connectivity index (χ1) is 10.9. The smallest absolute Gasteiger partial charge is 0.406 e. The lowest BCUT2D eigenvalue weighted by Crippen LogP contribution is -2.52. The van der Waals surface area contributed by atoms with Crippen molar-refractivity contribution in [2.75, 3.05) is 11.4 Å². The molecule has 3 N–H and O–H groups in total. The zero-order valence-corrected chi connectivity index (χ0v) is 13.9. The van der Waals surface area contributed by atoms with Crippen LogP contribution in [0.25, 0.3) is 0 Å². The van der Waals surface area contributed by atoms with E-state index in [1.54, 1.807) is 27.7 Å². The number of nitrogens with zero attached hydrogens (tertiary/aromatic N) is 1. The first-order valence-electron chi connectivity index (χ1n) is 7.22. The molecule has 2 amide bonds. The summed E-state index contributed by atoms with van der Waals surface area (Å²) in [5.41, 5.74) is -0.00840. The molecule has 0 saturated carbocycles. The van der Waals surface area contributed by atoms with Crippen molar-refractivity contribution in [3.63, 3.8) is 0 Å². The fraction of sp³-hybridized carbons (Fsp3) is 0.467. The minimum atomic E-state index is -4.76. The van der Waals surface area contributed by atoms with E-state index in [9.17, 15) is 18.0 Å². The van der Waals surface area contributed by atoms with Gasteiger partial charge in [0.05, 0.1) is 0 Å². The van der Waals surface area contributed by atoms with Crippen LogP contribution in [-0.2, 0) is 0 Å². The summed E-state index contributed by atoms with van der Waals surface area (Å²) in [6, 6.07) is 4.51. The van der Waals surface area contributed by atoms with Gasteiger partial charge in [-0.2, -0.15) is 0 Å². The molecule has 0 aliphatic carbocycles. The summed E-state index contributed by atoms with van der Waals surface area (Å²) in [4.78, 5) is 13.2. The minimum Gasteiger partial charge on any atom is -0.406 e. The van der Waals surface area contributed by atoms with Crippen LogP contribution in [0.1, 0.15) is 27.7 Å². The molecule has 0 unspecified atom stereocenters. The third-order valence-corrected chi connectivity index (χ3v) is 2.69. The predicted octanol–water partition coefficient (Wildman–Crippen LogP) is 3.44. The van der Waals surface area contributed by atoms with Crippen LogP contribution < -0.4 is 20.3 Å². The van der Waals surface area contributed by atoms with Gasteiger partial charge in [-0.15, -0.1) is 13.2 Å². The Labute approximate surface area is 138 Å². The molecule has 0 atom stereocenters. The predicted molar refractivity (Wildman–Crippen MR) is 85.3 cm³/mol. The van der Waals surface area contributed by atoms with E-state index in [0.717, 1.165) is 12.1 Å². The number of carbonyl (C=O) groups is 1. The second kappa shape index (κ2) is 7.41. The molecule has 0 radical (unpaired) electrons. The van der Waals surface area contributed by atoms with Crippen LogP contribution in [0.4, 0.5) is 23.7 Å². The fourth-order valence-electron chi connectivity index (χ4n) is 1.84. The van der Waals surface area contributed by atoms with E-state index in [-0.39, 0.29) is 11.7 Å². The molecule has 9 heteroatoms. The molecule has 134 valence electrons. The Kier molecular flexibility index (Phi) is 6.05. The van der Waals surface area contributed by atoms with Gasteiger partial charge in [0.25, 0.3) is 0 Å². The zero-order valence-electron chi connectivity index (χ0n) is 13.9. The lowest BCUT2D eigenvalue weighted by Gasteiger charge is -2.26. The van der Waals surface area contributed by atoms with E-state index >= 15 is 0 Å². The van der Waals surface area contributed by atoms with Gasteiger partial charge in [0.2, 0.25) is 5.96 Å². The summed E-state index contributed by atoms with van der Waals surface area (Å²) in [6.45, 7) is 7.49. The van der Waals surface area contributed by atoms with E-state index < -0.39 is 17.9 Å². The Morgan fingerprint density at radius 2 is 1.75 bits per heavy atom.